The molecule has 146 valence electrons. The first-order valence-electron chi connectivity index (χ1n) is 9.70. The number of nitrogens with two attached hydrogens (primary N) is 1. The van der Waals surface area contributed by atoms with Crippen LogP contribution in [0.15, 0.2) is 40.8 Å². The quantitative estimate of drug-likeness (QED) is 0.708. The molecule has 0 unspecified atom stereocenters. The van der Waals surface area contributed by atoms with Crippen molar-refractivity contribution in [2.45, 2.75) is 38.5 Å². The van der Waals surface area contributed by atoms with Crippen LogP contribution in [0.1, 0.15) is 42.3 Å². The number of carbonyl (C=O) groups is 1. The highest BCUT2D eigenvalue weighted by molar-refractivity contribution is 5.76. The van der Waals surface area contributed by atoms with Crippen molar-refractivity contribution in [3.05, 3.63) is 53.5 Å². The number of hydrogen-bond acceptors (Lipinski definition) is 5. The molecule has 2 aromatic heterocycles. The molecule has 28 heavy (non-hydrogen) atoms. The van der Waals surface area contributed by atoms with Crippen molar-refractivity contribution in [3.8, 4) is 11.3 Å². The lowest BCUT2D eigenvalue weighted by Gasteiger charge is -2.31. The zero-order chi connectivity index (χ0) is 19.5. The third kappa shape index (κ3) is 4.08. The smallest absolute Gasteiger partial charge is 0.239 e. The summed E-state index contributed by atoms with van der Waals surface area (Å²) in [6.07, 6.45) is 2.82. The molecule has 0 atom stereocenters. The van der Waals surface area contributed by atoms with Crippen LogP contribution in [-0.4, -0.2) is 39.1 Å². The van der Waals surface area contributed by atoms with Crippen molar-refractivity contribution in [3.63, 3.8) is 0 Å². The second-order valence-corrected chi connectivity index (χ2v) is 7.37. The van der Waals surface area contributed by atoms with Crippen molar-refractivity contribution in [2.75, 3.05) is 18.8 Å². The van der Waals surface area contributed by atoms with Crippen LogP contribution in [0.5, 0.6) is 0 Å². The average Bonchev–Trinajstić information content (AvgIpc) is 3.36. The van der Waals surface area contributed by atoms with Gasteiger partial charge in [-0.2, -0.15) is 4.98 Å². The first-order chi connectivity index (χ1) is 13.6. The van der Waals surface area contributed by atoms with Gasteiger partial charge in [0, 0.05) is 37.4 Å². The number of likely N-dealkylation sites (tertiary alicyclic amines) is 1. The number of piperidine rings is 1. The van der Waals surface area contributed by atoms with Gasteiger partial charge in [-0.25, -0.2) is 0 Å². The number of aromatic amines is 1. The van der Waals surface area contributed by atoms with Crippen LogP contribution in [0.2, 0.25) is 0 Å². The molecule has 0 radical (unpaired) electrons. The topological polar surface area (TPSA) is 101 Å². The molecule has 3 N–H and O–H groups in total. The lowest BCUT2D eigenvalue weighted by atomic mass is 9.96. The molecule has 4 rings (SSSR count). The van der Waals surface area contributed by atoms with Crippen LogP contribution in [0.4, 0.5) is 5.95 Å². The second kappa shape index (κ2) is 7.88. The summed E-state index contributed by atoms with van der Waals surface area (Å²) in [5.41, 5.74) is 7.85. The number of hydrogen-bond donors (Lipinski definition) is 2. The number of furan rings is 1. The molecular weight excluding hydrogens is 354 g/mol. The van der Waals surface area contributed by atoms with Crippen LogP contribution < -0.4 is 5.73 Å². The number of carbonyl (C=O) groups excluding carboxylic acids is 1. The van der Waals surface area contributed by atoms with Crippen molar-refractivity contribution < 1.29 is 9.21 Å². The fourth-order valence-corrected chi connectivity index (χ4v) is 3.65. The summed E-state index contributed by atoms with van der Waals surface area (Å²) in [4.78, 5) is 18.7. The van der Waals surface area contributed by atoms with Crippen LogP contribution in [0, 0.1) is 6.92 Å². The Morgan fingerprint density at radius 2 is 1.96 bits per heavy atom. The molecule has 3 aromatic rings. The van der Waals surface area contributed by atoms with Crippen LogP contribution >= 0.6 is 0 Å². The van der Waals surface area contributed by atoms with Crippen LogP contribution in [-0.2, 0) is 11.2 Å². The zero-order valence-corrected chi connectivity index (χ0v) is 16.0. The molecule has 1 saturated heterocycles. The van der Waals surface area contributed by atoms with Gasteiger partial charge in [0.05, 0.1) is 0 Å². The first-order valence-corrected chi connectivity index (χ1v) is 9.70. The van der Waals surface area contributed by atoms with Gasteiger partial charge >= 0.3 is 0 Å². The van der Waals surface area contributed by atoms with Gasteiger partial charge in [-0.05, 0) is 31.9 Å². The molecule has 1 amide bonds. The van der Waals surface area contributed by atoms with Crippen molar-refractivity contribution in [1.82, 2.24) is 20.1 Å². The van der Waals surface area contributed by atoms with Crippen molar-refractivity contribution in [2.24, 2.45) is 0 Å². The van der Waals surface area contributed by atoms with Crippen LogP contribution in [0.25, 0.3) is 11.3 Å². The summed E-state index contributed by atoms with van der Waals surface area (Å²) in [6.45, 7) is 3.53. The van der Waals surface area contributed by atoms with E-state index in [-0.39, 0.29) is 17.8 Å². The van der Waals surface area contributed by atoms with E-state index in [9.17, 15) is 4.79 Å². The van der Waals surface area contributed by atoms with Gasteiger partial charge in [-0.15, -0.1) is 5.10 Å². The third-order valence-electron chi connectivity index (χ3n) is 5.34. The number of anilines is 1. The van der Waals surface area contributed by atoms with Gasteiger partial charge in [0.2, 0.25) is 11.9 Å². The Labute approximate surface area is 163 Å². The number of nitrogens with zero attached hydrogens (tertiary/aromatic N) is 3. The molecule has 7 heteroatoms. The van der Waals surface area contributed by atoms with Gasteiger partial charge in [-0.1, -0.05) is 29.8 Å². The zero-order valence-electron chi connectivity index (χ0n) is 16.0. The number of nitrogen functional groups attached to an aromatic ring is 1. The summed E-state index contributed by atoms with van der Waals surface area (Å²) in [7, 11) is 0. The summed E-state index contributed by atoms with van der Waals surface area (Å²) in [5, 5.41) is 6.77. The molecule has 1 fully saturated rings. The van der Waals surface area contributed by atoms with Gasteiger partial charge in [0.25, 0.3) is 0 Å². The Bertz CT molecular complexity index is 936. The summed E-state index contributed by atoms with van der Waals surface area (Å²) >= 11 is 0. The standard InChI is InChI=1S/C21H25N5O2/c1-14-2-4-15(5-3-14)18-8-6-17(28-18)7-9-19(27)26-12-10-16(11-13-26)20-23-21(22)25-24-20/h2-6,8,16H,7,9-13H2,1H3,(H3,22,23,24,25). The van der Waals surface area contributed by atoms with Gasteiger partial charge in [0.1, 0.15) is 17.3 Å². The maximum atomic E-state index is 12.6. The molecule has 0 spiro atoms. The number of benzene rings is 1. The highest BCUT2D eigenvalue weighted by atomic mass is 16.3. The molecule has 0 aliphatic carbocycles. The Hall–Kier alpha value is -3.09. The van der Waals surface area contributed by atoms with E-state index in [0.29, 0.717) is 12.8 Å². The fraction of sp³-hybridized carbons (Fsp3) is 0.381. The van der Waals surface area contributed by atoms with E-state index in [1.54, 1.807) is 0 Å². The normalized spacial score (nSPS) is 15.1. The monoisotopic (exact) mass is 379 g/mol. The fourth-order valence-electron chi connectivity index (χ4n) is 3.65. The third-order valence-corrected chi connectivity index (χ3v) is 5.34. The predicted molar refractivity (Wildman–Crippen MR) is 107 cm³/mol. The molecule has 1 aromatic carbocycles. The number of rotatable bonds is 5. The minimum Gasteiger partial charge on any atom is -0.461 e. The van der Waals surface area contributed by atoms with Crippen molar-refractivity contribution in [1.29, 1.82) is 0 Å². The van der Waals surface area contributed by atoms with E-state index in [4.69, 9.17) is 10.2 Å². The molecule has 0 bridgehead atoms. The largest absolute Gasteiger partial charge is 0.461 e. The highest BCUT2D eigenvalue weighted by Gasteiger charge is 2.25. The lowest BCUT2D eigenvalue weighted by molar-refractivity contribution is -0.132. The maximum Gasteiger partial charge on any atom is 0.239 e. The second-order valence-electron chi connectivity index (χ2n) is 7.37. The van der Waals surface area contributed by atoms with Crippen LogP contribution in [0.3, 0.4) is 0 Å². The molecule has 1 aliphatic rings. The highest BCUT2D eigenvalue weighted by Crippen LogP contribution is 2.27. The number of H-pyrrole nitrogens is 1. The summed E-state index contributed by atoms with van der Waals surface area (Å²) in [5.74, 6) is 3.24. The first kappa shape index (κ1) is 18.3. The van der Waals surface area contributed by atoms with Gasteiger partial charge in [-0.3, -0.25) is 9.89 Å². The minimum atomic E-state index is 0.170. The SMILES string of the molecule is Cc1ccc(-c2ccc(CCC(=O)N3CCC(c4nc(N)n[nH]4)CC3)o2)cc1. The Morgan fingerprint density at radius 1 is 1.21 bits per heavy atom. The number of aryl methyl sites for hydroxylation is 2. The Balaban J connectivity index is 1.27. The molecular formula is C21H25N5O2. The molecule has 1 aliphatic heterocycles. The number of amides is 1. The van der Waals surface area contributed by atoms with E-state index in [1.807, 2.05) is 17.0 Å². The van der Waals surface area contributed by atoms with E-state index >= 15 is 0 Å². The maximum absolute atomic E-state index is 12.6. The molecule has 7 nitrogen and oxygen atoms in total. The Kier molecular flexibility index (Phi) is 5.14. The number of nitrogens with one attached hydrogen (secondary N) is 1. The lowest BCUT2D eigenvalue weighted by Crippen LogP contribution is -2.38. The van der Waals surface area contributed by atoms with Gasteiger partial charge in [0.15, 0.2) is 0 Å². The average molecular weight is 379 g/mol. The van der Waals surface area contributed by atoms with Crippen molar-refractivity contribution >= 4 is 11.9 Å². The van der Waals surface area contributed by atoms with E-state index in [1.165, 1.54) is 5.56 Å². The molecule has 3 heterocycles. The van der Waals surface area contributed by atoms with Gasteiger partial charge < -0.3 is 15.1 Å². The minimum absolute atomic E-state index is 0.170. The molecule has 0 saturated carbocycles. The summed E-state index contributed by atoms with van der Waals surface area (Å²) in [6, 6.07) is 12.2. The summed E-state index contributed by atoms with van der Waals surface area (Å²) < 4.78 is 5.92. The Morgan fingerprint density at radius 3 is 2.64 bits per heavy atom. The number of aromatic nitrogens is 3. The van der Waals surface area contributed by atoms with E-state index < -0.39 is 0 Å². The van der Waals surface area contributed by atoms with E-state index in [0.717, 1.165) is 48.8 Å². The predicted octanol–water partition coefficient (Wildman–Crippen LogP) is 3.29. The van der Waals surface area contributed by atoms with E-state index in [2.05, 4.69) is 46.4 Å².